The highest BCUT2D eigenvalue weighted by atomic mass is 16.2. The second kappa shape index (κ2) is 8.40. The molecule has 0 saturated carbocycles. The Bertz CT molecular complexity index is 1170. The predicted molar refractivity (Wildman–Crippen MR) is 115 cm³/mol. The van der Waals surface area contributed by atoms with Gasteiger partial charge in [-0.25, -0.2) is 9.67 Å². The van der Waals surface area contributed by atoms with Gasteiger partial charge < -0.3 is 10.6 Å². The van der Waals surface area contributed by atoms with Crippen LogP contribution in [0, 0.1) is 6.92 Å². The SMILES string of the molecule is Cc1ccc(NC(=O)c2ccccc2)cc1NC(=O)c1ccc(-n2cccn2)nc1. The first-order chi connectivity index (χ1) is 14.6. The summed E-state index contributed by atoms with van der Waals surface area (Å²) in [4.78, 5) is 29.3. The average molecular weight is 397 g/mol. The predicted octanol–water partition coefficient (Wildman–Crippen LogP) is 4.08. The minimum Gasteiger partial charge on any atom is -0.322 e. The van der Waals surface area contributed by atoms with Gasteiger partial charge in [0.15, 0.2) is 5.82 Å². The highest BCUT2D eigenvalue weighted by molar-refractivity contribution is 6.06. The molecule has 7 heteroatoms. The van der Waals surface area contributed by atoms with E-state index in [-0.39, 0.29) is 11.8 Å². The summed E-state index contributed by atoms with van der Waals surface area (Å²) in [6.45, 7) is 1.89. The van der Waals surface area contributed by atoms with Gasteiger partial charge in [-0.05, 0) is 55.0 Å². The Morgan fingerprint density at radius 1 is 0.867 bits per heavy atom. The molecule has 148 valence electrons. The molecule has 7 nitrogen and oxygen atoms in total. The van der Waals surface area contributed by atoms with Crippen molar-refractivity contribution in [1.29, 1.82) is 0 Å². The van der Waals surface area contributed by atoms with E-state index in [4.69, 9.17) is 0 Å². The Labute approximate surface area is 173 Å². The number of pyridine rings is 1. The van der Waals surface area contributed by atoms with E-state index >= 15 is 0 Å². The van der Waals surface area contributed by atoms with Gasteiger partial charge in [-0.2, -0.15) is 5.10 Å². The first-order valence-corrected chi connectivity index (χ1v) is 9.34. The topological polar surface area (TPSA) is 88.9 Å². The third kappa shape index (κ3) is 4.25. The molecule has 0 aliphatic rings. The molecule has 4 rings (SSSR count). The van der Waals surface area contributed by atoms with E-state index < -0.39 is 0 Å². The van der Waals surface area contributed by atoms with Crippen LogP contribution in [-0.4, -0.2) is 26.6 Å². The summed E-state index contributed by atoms with van der Waals surface area (Å²) in [5.41, 5.74) is 3.07. The van der Waals surface area contributed by atoms with E-state index in [1.54, 1.807) is 71.7 Å². The molecule has 2 heterocycles. The van der Waals surface area contributed by atoms with Crippen LogP contribution in [0.2, 0.25) is 0 Å². The largest absolute Gasteiger partial charge is 0.322 e. The summed E-state index contributed by atoms with van der Waals surface area (Å²) < 4.78 is 1.62. The fraction of sp³-hybridized carbons (Fsp3) is 0.0435. The lowest BCUT2D eigenvalue weighted by Crippen LogP contribution is -2.15. The van der Waals surface area contributed by atoms with Crippen molar-refractivity contribution in [3.05, 3.63) is 102 Å². The van der Waals surface area contributed by atoms with Crippen LogP contribution in [0.3, 0.4) is 0 Å². The minimum absolute atomic E-state index is 0.213. The molecule has 0 aliphatic heterocycles. The van der Waals surface area contributed by atoms with Gasteiger partial charge in [0.1, 0.15) is 0 Å². The third-order valence-corrected chi connectivity index (χ3v) is 4.53. The summed E-state index contributed by atoms with van der Waals surface area (Å²) in [7, 11) is 0. The van der Waals surface area contributed by atoms with Crippen LogP contribution in [0.15, 0.2) is 85.3 Å². The maximum Gasteiger partial charge on any atom is 0.257 e. The van der Waals surface area contributed by atoms with Crippen LogP contribution in [-0.2, 0) is 0 Å². The summed E-state index contributed by atoms with van der Waals surface area (Å²) >= 11 is 0. The Morgan fingerprint density at radius 3 is 2.37 bits per heavy atom. The van der Waals surface area contributed by atoms with Crippen molar-refractivity contribution >= 4 is 23.2 Å². The van der Waals surface area contributed by atoms with E-state index in [0.717, 1.165) is 5.56 Å². The second-order valence-corrected chi connectivity index (χ2v) is 6.66. The van der Waals surface area contributed by atoms with Crippen LogP contribution in [0.4, 0.5) is 11.4 Å². The van der Waals surface area contributed by atoms with E-state index in [1.165, 1.54) is 6.20 Å². The standard InChI is InChI=1S/C23H19N5O2/c1-16-8-10-19(26-22(29)17-6-3-2-4-7-17)14-20(16)27-23(30)18-9-11-21(24-15-18)28-13-5-12-25-28/h2-15H,1H3,(H,26,29)(H,27,30). The third-order valence-electron chi connectivity index (χ3n) is 4.53. The Hall–Kier alpha value is -4.26. The summed E-state index contributed by atoms with van der Waals surface area (Å²) in [5.74, 6) is 0.123. The number of aryl methyl sites for hydroxylation is 1. The fourth-order valence-electron chi connectivity index (χ4n) is 2.88. The van der Waals surface area contributed by atoms with Crippen molar-refractivity contribution in [2.75, 3.05) is 10.6 Å². The van der Waals surface area contributed by atoms with Crippen molar-refractivity contribution in [2.45, 2.75) is 6.92 Å². The zero-order valence-corrected chi connectivity index (χ0v) is 16.2. The number of carbonyl (C=O) groups excluding carboxylic acids is 2. The van der Waals surface area contributed by atoms with Gasteiger partial charge in [-0.1, -0.05) is 24.3 Å². The number of hydrogen-bond donors (Lipinski definition) is 2. The Balaban J connectivity index is 1.48. The maximum absolute atomic E-state index is 12.7. The Morgan fingerprint density at radius 2 is 1.67 bits per heavy atom. The molecule has 2 N–H and O–H groups in total. The number of nitrogens with one attached hydrogen (secondary N) is 2. The van der Waals surface area contributed by atoms with Crippen LogP contribution in [0.25, 0.3) is 5.82 Å². The highest BCUT2D eigenvalue weighted by Gasteiger charge is 2.11. The molecule has 4 aromatic rings. The lowest BCUT2D eigenvalue weighted by atomic mass is 10.1. The number of nitrogens with zero attached hydrogens (tertiary/aromatic N) is 3. The van der Waals surface area contributed by atoms with E-state index in [0.29, 0.717) is 28.3 Å². The van der Waals surface area contributed by atoms with Crippen LogP contribution in [0.1, 0.15) is 26.3 Å². The quantitative estimate of drug-likeness (QED) is 0.531. The summed E-state index contributed by atoms with van der Waals surface area (Å²) in [5, 5.41) is 9.85. The fourth-order valence-corrected chi connectivity index (χ4v) is 2.88. The van der Waals surface area contributed by atoms with Gasteiger partial charge >= 0.3 is 0 Å². The molecule has 30 heavy (non-hydrogen) atoms. The number of rotatable bonds is 5. The van der Waals surface area contributed by atoms with Gasteiger partial charge in [0.05, 0.1) is 5.56 Å². The van der Waals surface area contributed by atoms with Gasteiger partial charge in [0.25, 0.3) is 11.8 Å². The van der Waals surface area contributed by atoms with Crippen molar-refractivity contribution in [1.82, 2.24) is 14.8 Å². The van der Waals surface area contributed by atoms with E-state index in [9.17, 15) is 9.59 Å². The molecule has 0 saturated heterocycles. The number of anilines is 2. The van der Waals surface area contributed by atoms with Crippen LogP contribution in [0.5, 0.6) is 0 Å². The molecule has 0 fully saturated rings. The zero-order chi connectivity index (χ0) is 20.9. The number of carbonyl (C=O) groups is 2. The van der Waals surface area contributed by atoms with Gasteiger partial charge in [-0.3, -0.25) is 9.59 Å². The van der Waals surface area contributed by atoms with Crippen molar-refractivity contribution in [3.8, 4) is 5.82 Å². The molecule has 0 radical (unpaired) electrons. The number of amides is 2. The monoisotopic (exact) mass is 397 g/mol. The van der Waals surface area contributed by atoms with Crippen LogP contribution < -0.4 is 10.6 Å². The van der Waals surface area contributed by atoms with Gasteiger partial charge in [0.2, 0.25) is 0 Å². The molecule has 0 aliphatic carbocycles. The van der Waals surface area contributed by atoms with Gasteiger partial charge in [-0.15, -0.1) is 0 Å². The Kier molecular flexibility index (Phi) is 5.34. The normalized spacial score (nSPS) is 10.4. The van der Waals surface area contributed by atoms with E-state index in [2.05, 4.69) is 20.7 Å². The summed E-state index contributed by atoms with van der Waals surface area (Å²) in [6, 6.07) is 19.5. The number of benzene rings is 2. The second-order valence-electron chi connectivity index (χ2n) is 6.66. The van der Waals surface area contributed by atoms with E-state index in [1.807, 2.05) is 19.1 Å². The molecular formula is C23H19N5O2. The maximum atomic E-state index is 12.7. The first-order valence-electron chi connectivity index (χ1n) is 9.34. The molecule has 0 unspecified atom stereocenters. The number of aromatic nitrogens is 3. The average Bonchev–Trinajstić information content (AvgIpc) is 3.32. The molecule has 2 aromatic carbocycles. The molecule has 0 spiro atoms. The van der Waals surface area contributed by atoms with Crippen LogP contribution >= 0.6 is 0 Å². The summed E-state index contributed by atoms with van der Waals surface area (Å²) in [6.07, 6.45) is 4.94. The lowest BCUT2D eigenvalue weighted by Gasteiger charge is -2.12. The number of hydrogen-bond acceptors (Lipinski definition) is 4. The molecular weight excluding hydrogens is 378 g/mol. The van der Waals surface area contributed by atoms with Crippen molar-refractivity contribution in [2.24, 2.45) is 0 Å². The zero-order valence-electron chi connectivity index (χ0n) is 16.2. The minimum atomic E-state index is -0.288. The van der Waals surface area contributed by atoms with Gasteiger partial charge in [0, 0.05) is 35.5 Å². The van der Waals surface area contributed by atoms with Crippen molar-refractivity contribution in [3.63, 3.8) is 0 Å². The molecule has 2 amide bonds. The highest BCUT2D eigenvalue weighted by Crippen LogP contribution is 2.22. The molecule has 0 bridgehead atoms. The molecule has 0 atom stereocenters. The lowest BCUT2D eigenvalue weighted by molar-refractivity contribution is 0.101. The molecule has 2 aromatic heterocycles. The first kappa shape index (κ1) is 19.1. The van der Waals surface area contributed by atoms with Crippen molar-refractivity contribution < 1.29 is 9.59 Å². The smallest absolute Gasteiger partial charge is 0.257 e.